The van der Waals surface area contributed by atoms with Crippen molar-refractivity contribution in [3.63, 3.8) is 0 Å². The number of rotatable bonds is 0. The van der Waals surface area contributed by atoms with Gasteiger partial charge >= 0.3 is 0 Å². The van der Waals surface area contributed by atoms with Gasteiger partial charge in [0.1, 0.15) is 0 Å². The SMILES string of the molecule is C[C@]12CCC(=O)C=C1CC[C@@H]1[C@@H]2CC[C@@]2(C)[C@H]1CC[C@@]21CCO1. The standard InChI is InChI=1S/C21H30O2/c1-19-8-5-15(22)13-14(19)3-4-16-17(19)6-9-20(2)18(16)7-10-21(20)11-12-23-21/h13,16-18H,3-12H2,1-2H3/t16-,17+,18+,19+,20+,21-/m1/s1. The molecular weight excluding hydrogens is 284 g/mol. The molecule has 2 nitrogen and oxygen atoms in total. The number of allylic oxidation sites excluding steroid dienone is 1. The van der Waals surface area contributed by atoms with Crippen LogP contribution in [0.2, 0.25) is 0 Å². The molecule has 1 spiro atoms. The lowest BCUT2D eigenvalue weighted by Crippen LogP contribution is -2.59. The minimum atomic E-state index is 0.238. The summed E-state index contributed by atoms with van der Waals surface area (Å²) in [4.78, 5) is 11.9. The highest BCUT2D eigenvalue weighted by atomic mass is 16.5. The Morgan fingerprint density at radius 2 is 1.78 bits per heavy atom. The molecule has 23 heavy (non-hydrogen) atoms. The minimum Gasteiger partial charge on any atom is -0.374 e. The summed E-state index contributed by atoms with van der Waals surface area (Å²) in [5.41, 5.74) is 2.47. The van der Waals surface area contributed by atoms with Crippen molar-refractivity contribution in [1.29, 1.82) is 0 Å². The van der Waals surface area contributed by atoms with Crippen LogP contribution in [-0.2, 0) is 9.53 Å². The van der Waals surface area contributed by atoms with Gasteiger partial charge in [-0.05, 0) is 79.6 Å². The van der Waals surface area contributed by atoms with Gasteiger partial charge in [-0.25, -0.2) is 0 Å². The van der Waals surface area contributed by atoms with Crippen LogP contribution in [0.3, 0.4) is 0 Å². The summed E-state index contributed by atoms with van der Waals surface area (Å²) < 4.78 is 6.22. The third-order valence-corrected chi connectivity index (χ3v) is 9.14. The number of carbonyl (C=O) groups is 1. The highest BCUT2D eigenvalue weighted by Gasteiger charge is 2.66. The molecule has 4 fully saturated rings. The first-order valence-corrected chi connectivity index (χ1v) is 9.86. The Kier molecular flexibility index (Phi) is 2.88. The van der Waals surface area contributed by atoms with E-state index in [-0.39, 0.29) is 5.60 Å². The van der Waals surface area contributed by atoms with E-state index in [2.05, 4.69) is 13.8 Å². The summed E-state index contributed by atoms with van der Waals surface area (Å²) in [6.07, 6.45) is 13.1. The maximum atomic E-state index is 11.9. The van der Waals surface area contributed by atoms with Gasteiger partial charge in [-0.2, -0.15) is 0 Å². The van der Waals surface area contributed by atoms with E-state index in [9.17, 15) is 4.79 Å². The highest BCUT2D eigenvalue weighted by molar-refractivity contribution is 5.91. The molecule has 0 aromatic rings. The molecular formula is C21H30O2. The van der Waals surface area contributed by atoms with E-state index in [4.69, 9.17) is 4.74 Å². The molecule has 6 atom stereocenters. The molecule has 5 aliphatic rings. The van der Waals surface area contributed by atoms with E-state index in [1.807, 2.05) is 6.08 Å². The topological polar surface area (TPSA) is 26.3 Å². The smallest absolute Gasteiger partial charge is 0.155 e. The van der Waals surface area contributed by atoms with Gasteiger partial charge < -0.3 is 4.74 Å². The van der Waals surface area contributed by atoms with Gasteiger partial charge in [-0.15, -0.1) is 0 Å². The lowest BCUT2D eigenvalue weighted by molar-refractivity contribution is -0.226. The Morgan fingerprint density at radius 1 is 1.00 bits per heavy atom. The molecule has 1 aliphatic heterocycles. The van der Waals surface area contributed by atoms with Crippen LogP contribution in [0.25, 0.3) is 0 Å². The lowest BCUT2D eigenvalue weighted by atomic mass is 9.46. The molecule has 3 saturated carbocycles. The van der Waals surface area contributed by atoms with Crippen LogP contribution in [0.1, 0.15) is 71.6 Å². The number of ketones is 1. The molecule has 1 heterocycles. The van der Waals surface area contributed by atoms with Gasteiger partial charge in [-0.3, -0.25) is 4.79 Å². The average molecular weight is 314 g/mol. The molecule has 126 valence electrons. The van der Waals surface area contributed by atoms with Crippen molar-refractivity contribution in [1.82, 2.24) is 0 Å². The molecule has 4 aliphatic carbocycles. The maximum absolute atomic E-state index is 11.9. The fourth-order valence-electron chi connectivity index (χ4n) is 7.65. The first-order chi connectivity index (χ1) is 11.0. The van der Waals surface area contributed by atoms with E-state index < -0.39 is 0 Å². The van der Waals surface area contributed by atoms with Crippen LogP contribution >= 0.6 is 0 Å². The normalized spacial score (nSPS) is 54.8. The van der Waals surface area contributed by atoms with Crippen molar-refractivity contribution in [2.75, 3.05) is 6.61 Å². The van der Waals surface area contributed by atoms with Gasteiger partial charge in [0.05, 0.1) is 12.2 Å². The largest absolute Gasteiger partial charge is 0.374 e. The average Bonchev–Trinajstić information content (AvgIpc) is 2.81. The number of carbonyl (C=O) groups excluding carboxylic acids is 1. The van der Waals surface area contributed by atoms with Crippen LogP contribution < -0.4 is 0 Å². The monoisotopic (exact) mass is 314 g/mol. The molecule has 0 aromatic heterocycles. The predicted molar refractivity (Wildman–Crippen MR) is 90.0 cm³/mol. The van der Waals surface area contributed by atoms with Crippen molar-refractivity contribution >= 4 is 5.78 Å². The molecule has 0 amide bonds. The second-order valence-electron chi connectivity index (χ2n) is 9.56. The lowest BCUT2D eigenvalue weighted by Gasteiger charge is -2.61. The Balaban J connectivity index is 1.50. The number of fused-ring (bicyclic) bond motifs is 6. The molecule has 0 aromatic carbocycles. The van der Waals surface area contributed by atoms with Crippen LogP contribution in [0.15, 0.2) is 11.6 Å². The Bertz CT molecular complexity index is 587. The zero-order chi connectivity index (χ0) is 15.9. The molecule has 0 N–H and O–H groups in total. The minimum absolute atomic E-state index is 0.238. The van der Waals surface area contributed by atoms with Gasteiger partial charge in [0.15, 0.2) is 5.78 Å². The van der Waals surface area contributed by atoms with Crippen LogP contribution in [0.5, 0.6) is 0 Å². The Labute approximate surface area is 140 Å². The van der Waals surface area contributed by atoms with Crippen LogP contribution in [0, 0.1) is 28.6 Å². The van der Waals surface area contributed by atoms with E-state index >= 15 is 0 Å². The molecule has 0 unspecified atom stereocenters. The second-order valence-corrected chi connectivity index (χ2v) is 9.56. The summed E-state index contributed by atoms with van der Waals surface area (Å²) in [5.74, 6) is 2.91. The quantitative estimate of drug-likeness (QED) is 0.649. The van der Waals surface area contributed by atoms with Crippen molar-refractivity contribution in [2.24, 2.45) is 28.6 Å². The second kappa shape index (κ2) is 4.50. The van der Waals surface area contributed by atoms with E-state index in [1.165, 1.54) is 50.5 Å². The fraction of sp³-hybridized carbons (Fsp3) is 0.857. The van der Waals surface area contributed by atoms with Gasteiger partial charge in [0.25, 0.3) is 0 Å². The van der Waals surface area contributed by atoms with Crippen LogP contribution in [-0.4, -0.2) is 18.0 Å². The number of hydrogen-bond acceptors (Lipinski definition) is 2. The van der Waals surface area contributed by atoms with Crippen molar-refractivity contribution < 1.29 is 9.53 Å². The summed E-state index contributed by atoms with van der Waals surface area (Å²) in [5, 5.41) is 0. The van der Waals surface area contributed by atoms with Gasteiger partial charge in [0.2, 0.25) is 0 Å². The molecule has 0 bridgehead atoms. The van der Waals surface area contributed by atoms with Gasteiger partial charge in [-0.1, -0.05) is 19.4 Å². The zero-order valence-electron chi connectivity index (χ0n) is 14.7. The predicted octanol–water partition coefficient (Wildman–Crippen LogP) is 4.68. The van der Waals surface area contributed by atoms with E-state index in [0.29, 0.717) is 16.6 Å². The molecule has 0 radical (unpaired) electrons. The van der Waals surface area contributed by atoms with Crippen molar-refractivity contribution in [2.45, 2.75) is 77.2 Å². The number of hydrogen-bond donors (Lipinski definition) is 0. The molecule has 2 heteroatoms. The van der Waals surface area contributed by atoms with E-state index in [0.717, 1.165) is 37.2 Å². The van der Waals surface area contributed by atoms with Crippen molar-refractivity contribution in [3.8, 4) is 0 Å². The highest BCUT2D eigenvalue weighted by Crippen LogP contribution is 2.70. The van der Waals surface area contributed by atoms with Gasteiger partial charge in [0, 0.05) is 12.8 Å². The van der Waals surface area contributed by atoms with E-state index in [1.54, 1.807) is 0 Å². The Hall–Kier alpha value is -0.630. The summed E-state index contributed by atoms with van der Waals surface area (Å²) in [6.45, 7) is 6.02. The maximum Gasteiger partial charge on any atom is 0.155 e. The van der Waals surface area contributed by atoms with Crippen molar-refractivity contribution in [3.05, 3.63) is 11.6 Å². The summed E-state index contributed by atoms with van der Waals surface area (Å²) >= 11 is 0. The Morgan fingerprint density at radius 3 is 2.52 bits per heavy atom. The first kappa shape index (κ1) is 14.7. The number of ether oxygens (including phenoxy) is 1. The third-order valence-electron chi connectivity index (χ3n) is 9.14. The summed E-state index contributed by atoms with van der Waals surface area (Å²) in [6, 6.07) is 0. The zero-order valence-corrected chi connectivity index (χ0v) is 14.7. The first-order valence-electron chi connectivity index (χ1n) is 9.86. The fourth-order valence-corrected chi connectivity index (χ4v) is 7.65. The molecule has 5 rings (SSSR count). The third kappa shape index (κ3) is 1.67. The summed E-state index contributed by atoms with van der Waals surface area (Å²) in [7, 11) is 0. The molecule has 1 saturated heterocycles. The van der Waals surface area contributed by atoms with Crippen LogP contribution in [0.4, 0.5) is 0 Å².